The molecule has 3 rings (SSSR count). The zero-order valence-electron chi connectivity index (χ0n) is 10.8. The molecule has 1 aromatic heterocycles. The molecule has 0 spiro atoms. The molecule has 0 atom stereocenters. The standard InChI is InChI=1S/C16H21N/c1-11-8-12(2)16-14(9-11)15(10-17-16)13-6-4-3-5-7-13/h8-10,13,17H,3-7H2,1-2H3. The van der Waals surface area contributed by atoms with Gasteiger partial charge in [0.2, 0.25) is 0 Å². The highest BCUT2D eigenvalue weighted by molar-refractivity contribution is 5.87. The van der Waals surface area contributed by atoms with Gasteiger partial charge in [-0.3, -0.25) is 0 Å². The number of rotatable bonds is 1. The Labute approximate surface area is 103 Å². The third kappa shape index (κ3) is 1.88. The Morgan fingerprint density at radius 1 is 1.06 bits per heavy atom. The van der Waals surface area contributed by atoms with Crippen molar-refractivity contribution in [2.24, 2.45) is 0 Å². The van der Waals surface area contributed by atoms with Crippen LogP contribution in [-0.2, 0) is 0 Å². The predicted molar refractivity (Wildman–Crippen MR) is 73.6 cm³/mol. The molecule has 1 aromatic carbocycles. The minimum atomic E-state index is 0.790. The summed E-state index contributed by atoms with van der Waals surface area (Å²) in [6.45, 7) is 4.40. The Bertz CT molecular complexity index is 530. The van der Waals surface area contributed by atoms with Crippen LogP contribution in [0.5, 0.6) is 0 Å². The fourth-order valence-corrected chi connectivity index (χ4v) is 3.37. The molecule has 0 saturated heterocycles. The van der Waals surface area contributed by atoms with Crippen LogP contribution in [0.3, 0.4) is 0 Å². The monoisotopic (exact) mass is 227 g/mol. The van der Waals surface area contributed by atoms with Crippen molar-refractivity contribution in [2.75, 3.05) is 0 Å². The SMILES string of the molecule is Cc1cc(C)c2[nH]cc(C3CCCCC3)c2c1. The van der Waals surface area contributed by atoms with E-state index in [-0.39, 0.29) is 0 Å². The van der Waals surface area contributed by atoms with E-state index in [1.165, 1.54) is 54.1 Å². The van der Waals surface area contributed by atoms with Gasteiger partial charge in [-0.15, -0.1) is 0 Å². The second kappa shape index (κ2) is 4.21. The van der Waals surface area contributed by atoms with E-state index in [0.29, 0.717) is 0 Å². The molecule has 0 radical (unpaired) electrons. The maximum Gasteiger partial charge on any atom is 0.0486 e. The number of hydrogen-bond acceptors (Lipinski definition) is 0. The predicted octanol–water partition coefficient (Wildman–Crippen LogP) is 4.83. The zero-order valence-corrected chi connectivity index (χ0v) is 10.8. The average molecular weight is 227 g/mol. The topological polar surface area (TPSA) is 15.8 Å². The van der Waals surface area contributed by atoms with Crippen LogP contribution in [0.4, 0.5) is 0 Å². The lowest BCUT2D eigenvalue weighted by molar-refractivity contribution is 0.445. The van der Waals surface area contributed by atoms with Crippen molar-refractivity contribution in [3.05, 3.63) is 35.0 Å². The van der Waals surface area contributed by atoms with E-state index < -0.39 is 0 Å². The fourth-order valence-electron chi connectivity index (χ4n) is 3.37. The van der Waals surface area contributed by atoms with Crippen LogP contribution in [0.25, 0.3) is 10.9 Å². The Kier molecular flexibility index (Phi) is 2.70. The van der Waals surface area contributed by atoms with Gasteiger partial charge in [-0.05, 0) is 49.8 Å². The molecule has 1 aliphatic carbocycles. The summed E-state index contributed by atoms with van der Waals surface area (Å²) in [5.41, 5.74) is 5.66. The molecule has 90 valence electrons. The number of aromatic amines is 1. The first-order chi connectivity index (χ1) is 8.25. The number of hydrogen-bond donors (Lipinski definition) is 1. The number of benzene rings is 1. The molecule has 1 fully saturated rings. The first-order valence-corrected chi connectivity index (χ1v) is 6.84. The third-order valence-corrected chi connectivity index (χ3v) is 4.21. The molecule has 2 aromatic rings. The van der Waals surface area contributed by atoms with Crippen molar-refractivity contribution >= 4 is 10.9 Å². The highest BCUT2D eigenvalue weighted by Gasteiger charge is 2.19. The van der Waals surface area contributed by atoms with Gasteiger partial charge in [0.15, 0.2) is 0 Å². The first kappa shape index (κ1) is 10.9. The molecule has 1 heteroatoms. The van der Waals surface area contributed by atoms with E-state index in [1.54, 1.807) is 5.56 Å². The van der Waals surface area contributed by atoms with Crippen molar-refractivity contribution in [1.29, 1.82) is 0 Å². The van der Waals surface area contributed by atoms with E-state index in [4.69, 9.17) is 0 Å². The van der Waals surface area contributed by atoms with E-state index in [1.807, 2.05) is 0 Å². The molecule has 17 heavy (non-hydrogen) atoms. The molecular formula is C16H21N. The van der Waals surface area contributed by atoms with Crippen LogP contribution < -0.4 is 0 Å². The lowest BCUT2D eigenvalue weighted by atomic mass is 9.84. The molecule has 0 unspecified atom stereocenters. The van der Waals surface area contributed by atoms with Gasteiger partial charge in [0.25, 0.3) is 0 Å². The molecule has 1 aliphatic rings. The maximum absolute atomic E-state index is 3.48. The smallest absolute Gasteiger partial charge is 0.0486 e. The van der Waals surface area contributed by atoms with E-state index >= 15 is 0 Å². The van der Waals surface area contributed by atoms with Gasteiger partial charge in [0, 0.05) is 17.1 Å². The van der Waals surface area contributed by atoms with Gasteiger partial charge >= 0.3 is 0 Å². The minimum Gasteiger partial charge on any atom is -0.361 e. The molecule has 1 heterocycles. The molecule has 1 nitrogen and oxygen atoms in total. The van der Waals surface area contributed by atoms with Gasteiger partial charge in [0.05, 0.1) is 0 Å². The van der Waals surface area contributed by atoms with Crippen LogP contribution in [0.2, 0.25) is 0 Å². The van der Waals surface area contributed by atoms with Gasteiger partial charge in [-0.1, -0.05) is 30.9 Å². The summed E-state index contributed by atoms with van der Waals surface area (Å²) in [5.74, 6) is 0.790. The highest BCUT2D eigenvalue weighted by Crippen LogP contribution is 2.37. The number of H-pyrrole nitrogens is 1. The van der Waals surface area contributed by atoms with Crippen LogP contribution in [-0.4, -0.2) is 4.98 Å². The average Bonchev–Trinajstić information content (AvgIpc) is 2.74. The fraction of sp³-hybridized carbons (Fsp3) is 0.500. The third-order valence-electron chi connectivity index (χ3n) is 4.21. The molecule has 1 saturated carbocycles. The summed E-state index contributed by atoms with van der Waals surface area (Å²) >= 11 is 0. The zero-order chi connectivity index (χ0) is 11.8. The van der Waals surface area contributed by atoms with E-state index in [0.717, 1.165) is 5.92 Å². The lowest BCUT2D eigenvalue weighted by Gasteiger charge is -2.21. The van der Waals surface area contributed by atoms with Crippen molar-refractivity contribution < 1.29 is 0 Å². The Hall–Kier alpha value is -1.24. The summed E-state index contributed by atoms with van der Waals surface area (Å²) in [5, 5.41) is 1.47. The van der Waals surface area contributed by atoms with Crippen LogP contribution in [0.1, 0.15) is 54.7 Å². The Morgan fingerprint density at radius 2 is 1.82 bits per heavy atom. The minimum absolute atomic E-state index is 0.790. The van der Waals surface area contributed by atoms with Crippen LogP contribution in [0, 0.1) is 13.8 Å². The summed E-state index contributed by atoms with van der Waals surface area (Å²) in [4.78, 5) is 3.48. The van der Waals surface area contributed by atoms with Crippen molar-refractivity contribution in [1.82, 2.24) is 4.98 Å². The number of aromatic nitrogens is 1. The summed E-state index contributed by atoms with van der Waals surface area (Å²) in [7, 11) is 0. The lowest BCUT2D eigenvalue weighted by Crippen LogP contribution is -2.03. The van der Waals surface area contributed by atoms with Gasteiger partial charge in [0.1, 0.15) is 0 Å². The number of fused-ring (bicyclic) bond motifs is 1. The molecule has 0 aliphatic heterocycles. The first-order valence-electron chi connectivity index (χ1n) is 6.84. The van der Waals surface area contributed by atoms with Crippen LogP contribution in [0.15, 0.2) is 18.3 Å². The molecule has 1 N–H and O–H groups in total. The van der Waals surface area contributed by atoms with E-state index in [9.17, 15) is 0 Å². The largest absolute Gasteiger partial charge is 0.361 e. The number of nitrogens with one attached hydrogen (secondary N) is 1. The maximum atomic E-state index is 3.48. The number of aryl methyl sites for hydroxylation is 2. The Balaban J connectivity index is 2.10. The highest BCUT2D eigenvalue weighted by atomic mass is 14.7. The van der Waals surface area contributed by atoms with Gasteiger partial charge in [-0.25, -0.2) is 0 Å². The van der Waals surface area contributed by atoms with E-state index in [2.05, 4.69) is 37.2 Å². The van der Waals surface area contributed by atoms with Gasteiger partial charge < -0.3 is 4.98 Å². The van der Waals surface area contributed by atoms with Crippen molar-refractivity contribution in [3.63, 3.8) is 0 Å². The van der Waals surface area contributed by atoms with Crippen molar-refractivity contribution in [3.8, 4) is 0 Å². The summed E-state index contributed by atoms with van der Waals surface area (Å²) < 4.78 is 0. The molecule has 0 bridgehead atoms. The quantitative estimate of drug-likeness (QED) is 0.718. The normalized spacial score (nSPS) is 17.8. The van der Waals surface area contributed by atoms with Crippen LogP contribution >= 0.6 is 0 Å². The van der Waals surface area contributed by atoms with Gasteiger partial charge in [-0.2, -0.15) is 0 Å². The second-order valence-corrected chi connectivity index (χ2v) is 5.58. The second-order valence-electron chi connectivity index (χ2n) is 5.58. The summed E-state index contributed by atoms with van der Waals surface area (Å²) in [6, 6.07) is 4.62. The molecule has 0 amide bonds. The summed E-state index contributed by atoms with van der Waals surface area (Å²) in [6.07, 6.45) is 9.24. The Morgan fingerprint density at radius 3 is 2.59 bits per heavy atom. The van der Waals surface area contributed by atoms with Crippen molar-refractivity contribution in [2.45, 2.75) is 51.9 Å². The molecular weight excluding hydrogens is 206 g/mol.